The van der Waals surface area contributed by atoms with Crippen LogP contribution in [0.1, 0.15) is 23.6 Å². The van der Waals surface area contributed by atoms with Gasteiger partial charge in [0.2, 0.25) is 0 Å². The van der Waals surface area contributed by atoms with E-state index in [1.807, 2.05) is 13.0 Å². The van der Waals surface area contributed by atoms with Gasteiger partial charge in [-0.05, 0) is 48.4 Å². The first kappa shape index (κ1) is 21.6. The molecule has 0 unspecified atom stereocenters. The minimum Gasteiger partial charge on any atom is -0.484 e. The van der Waals surface area contributed by atoms with Gasteiger partial charge >= 0.3 is 0 Å². The molecule has 2 aromatic rings. The Morgan fingerprint density at radius 1 is 1.03 bits per heavy atom. The van der Waals surface area contributed by atoms with Crippen molar-refractivity contribution in [3.05, 3.63) is 64.2 Å². The number of carbonyl (C=O) groups is 1. The third-order valence-corrected chi connectivity index (χ3v) is 5.56. The maximum atomic E-state index is 12.1. The Bertz CT molecular complexity index is 802. The van der Waals surface area contributed by atoms with Crippen LogP contribution < -0.4 is 10.1 Å². The van der Waals surface area contributed by atoms with Crippen molar-refractivity contribution in [2.24, 2.45) is 0 Å². The first-order valence-electron chi connectivity index (χ1n) is 10.2. The molecule has 0 atom stereocenters. The van der Waals surface area contributed by atoms with Crippen LogP contribution in [0.2, 0.25) is 5.02 Å². The van der Waals surface area contributed by atoms with Crippen LogP contribution in [0.5, 0.6) is 5.75 Å². The molecule has 6 heteroatoms. The normalized spacial score (nSPS) is 15.3. The van der Waals surface area contributed by atoms with Crippen molar-refractivity contribution in [3.63, 3.8) is 0 Å². The molecular formula is C23H30ClN3O2. The predicted octanol–water partition coefficient (Wildman–Crippen LogP) is 3.48. The summed E-state index contributed by atoms with van der Waals surface area (Å²) in [7, 11) is 0. The van der Waals surface area contributed by atoms with Gasteiger partial charge in [0.05, 0.1) is 0 Å². The number of carbonyl (C=O) groups excluding carboxylic acids is 1. The Labute approximate surface area is 178 Å². The molecule has 0 spiro atoms. The van der Waals surface area contributed by atoms with Crippen LogP contribution in [-0.2, 0) is 17.9 Å². The third-order valence-electron chi connectivity index (χ3n) is 5.33. The average Bonchev–Trinajstić information content (AvgIpc) is 2.73. The summed E-state index contributed by atoms with van der Waals surface area (Å²) in [5.41, 5.74) is 3.31. The molecule has 29 heavy (non-hydrogen) atoms. The molecule has 5 nitrogen and oxygen atoms in total. The quantitative estimate of drug-likeness (QED) is 0.716. The number of halogens is 1. The summed E-state index contributed by atoms with van der Waals surface area (Å²) in [6.45, 7) is 11.3. The van der Waals surface area contributed by atoms with Crippen LogP contribution in [-0.4, -0.2) is 55.0 Å². The van der Waals surface area contributed by atoms with Gasteiger partial charge in [0.1, 0.15) is 5.75 Å². The molecule has 3 rings (SSSR count). The summed E-state index contributed by atoms with van der Waals surface area (Å²) in [4.78, 5) is 17.1. The monoisotopic (exact) mass is 415 g/mol. The molecule has 1 heterocycles. The minimum absolute atomic E-state index is 0.00963. The van der Waals surface area contributed by atoms with Crippen molar-refractivity contribution in [2.45, 2.75) is 26.9 Å². The molecule has 0 aliphatic carbocycles. The van der Waals surface area contributed by atoms with Gasteiger partial charge in [0.15, 0.2) is 6.61 Å². The van der Waals surface area contributed by atoms with Crippen LogP contribution in [0.3, 0.4) is 0 Å². The number of amides is 1. The number of hydrogen-bond donors (Lipinski definition) is 1. The molecule has 1 N–H and O–H groups in total. The zero-order chi connectivity index (χ0) is 20.6. The molecule has 156 valence electrons. The summed E-state index contributed by atoms with van der Waals surface area (Å²) in [5.74, 6) is 0.533. The zero-order valence-electron chi connectivity index (χ0n) is 17.3. The van der Waals surface area contributed by atoms with Crippen LogP contribution in [0, 0.1) is 6.92 Å². The van der Waals surface area contributed by atoms with Gasteiger partial charge in [0, 0.05) is 44.3 Å². The number of nitrogens with one attached hydrogen (secondary N) is 1. The maximum absolute atomic E-state index is 12.1. The largest absolute Gasteiger partial charge is 0.484 e. The van der Waals surface area contributed by atoms with Crippen molar-refractivity contribution < 1.29 is 9.53 Å². The van der Waals surface area contributed by atoms with Crippen LogP contribution in [0.4, 0.5) is 0 Å². The summed E-state index contributed by atoms with van der Waals surface area (Å²) in [6.07, 6.45) is 0. The second-order valence-electron chi connectivity index (χ2n) is 7.50. The van der Waals surface area contributed by atoms with Crippen molar-refractivity contribution in [3.8, 4) is 5.75 Å². The Balaban J connectivity index is 1.40. The van der Waals surface area contributed by atoms with E-state index in [4.69, 9.17) is 16.3 Å². The highest BCUT2D eigenvalue weighted by atomic mass is 35.5. The Hall–Kier alpha value is -2.08. The lowest BCUT2D eigenvalue weighted by Gasteiger charge is -2.34. The highest BCUT2D eigenvalue weighted by Gasteiger charge is 2.15. The second-order valence-corrected chi connectivity index (χ2v) is 7.94. The van der Waals surface area contributed by atoms with Gasteiger partial charge in [-0.25, -0.2) is 0 Å². The van der Waals surface area contributed by atoms with E-state index < -0.39 is 0 Å². The van der Waals surface area contributed by atoms with E-state index >= 15 is 0 Å². The first-order valence-corrected chi connectivity index (χ1v) is 10.6. The Kier molecular flexibility index (Phi) is 7.92. The highest BCUT2D eigenvalue weighted by molar-refractivity contribution is 6.30. The number of ether oxygens (including phenoxy) is 1. The van der Waals surface area contributed by atoms with E-state index in [1.165, 1.54) is 5.56 Å². The molecule has 1 fully saturated rings. The van der Waals surface area contributed by atoms with E-state index in [-0.39, 0.29) is 12.5 Å². The molecule has 0 aromatic heterocycles. The molecule has 0 bridgehead atoms. The molecule has 1 aliphatic rings. The number of benzene rings is 2. The summed E-state index contributed by atoms with van der Waals surface area (Å²) < 4.78 is 5.58. The smallest absolute Gasteiger partial charge is 0.258 e. The number of rotatable bonds is 8. The topological polar surface area (TPSA) is 44.8 Å². The summed E-state index contributed by atoms with van der Waals surface area (Å²) >= 11 is 5.94. The lowest BCUT2D eigenvalue weighted by molar-refractivity contribution is -0.123. The zero-order valence-corrected chi connectivity index (χ0v) is 18.0. The second kappa shape index (κ2) is 10.6. The van der Waals surface area contributed by atoms with Crippen molar-refractivity contribution in [1.82, 2.24) is 15.1 Å². The summed E-state index contributed by atoms with van der Waals surface area (Å²) in [5, 5.41) is 3.56. The fourth-order valence-electron chi connectivity index (χ4n) is 3.45. The molecule has 0 radical (unpaired) electrons. The van der Waals surface area contributed by atoms with E-state index in [2.05, 4.69) is 46.3 Å². The van der Waals surface area contributed by atoms with Gasteiger partial charge in [-0.15, -0.1) is 0 Å². The average molecular weight is 416 g/mol. The van der Waals surface area contributed by atoms with Gasteiger partial charge < -0.3 is 15.0 Å². The molecular weight excluding hydrogens is 386 g/mol. The SMILES string of the molecule is CCN1CCN(Cc2ccc(CNC(=O)COc3ccc(Cl)cc3C)cc2)CC1. The Morgan fingerprint density at radius 2 is 1.69 bits per heavy atom. The highest BCUT2D eigenvalue weighted by Crippen LogP contribution is 2.21. The lowest BCUT2D eigenvalue weighted by atomic mass is 10.1. The van der Waals surface area contributed by atoms with E-state index in [0.29, 0.717) is 17.3 Å². The first-order chi connectivity index (χ1) is 14.0. The molecule has 2 aromatic carbocycles. The lowest BCUT2D eigenvalue weighted by Crippen LogP contribution is -2.45. The fourth-order valence-corrected chi connectivity index (χ4v) is 3.68. The number of likely N-dealkylation sites (N-methyl/N-ethyl adjacent to an activating group) is 1. The van der Waals surface area contributed by atoms with E-state index in [9.17, 15) is 4.79 Å². The van der Waals surface area contributed by atoms with Crippen molar-refractivity contribution in [1.29, 1.82) is 0 Å². The number of nitrogens with zero attached hydrogens (tertiary/aromatic N) is 2. The minimum atomic E-state index is -0.141. The van der Waals surface area contributed by atoms with E-state index in [0.717, 1.165) is 50.4 Å². The van der Waals surface area contributed by atoms with Gasteiger partial charge in [-0.1, -0.05) is 42.8 Å². The molecule has 0 saturated carbocycles. The van der Waals surface area contributed by atoms with Gasteiger partial charge in [0.25, 0.3) is 5.91 Å². The molecule has 1 amide bonds. The third kappa shape index (κ3) is 6.74. The number of hydrogen-bond acceptors (Lipinski definition) is 4. The van der Waals surface area contributed by atoms with Crippen LogP contribution in [0.25, 0.3) is 0 Å². The molecule has 1 saturated heterocycles. The van der Waals surface area contributed by atoms with Crippen molar-refractivity contribution in [2.75, 3.05) is 39.3 Å². The van der Waals surface area contributed by atoms with Crippen LogP contribution >= 0.6 is 11.6 Å². The number of piperazine rings is 1. The molecule has 1 aliphatic heterocycles. The summed E-state index contributed by atoms with van der Waals surface area (Å²) in [6, 6.07) is 13.8. The predicted molar refractivity (Wildman–Crippen MR) is 117 cm³/mol. The van der Waals surface area contributed by atoms with Gasteiger partial charge in [-0.3, -0.25) is 9.69 Å². The van der Waals surface area contributed by atoms with E-state index in [1.54, 1.807) is 12.1 Å². The van der Waals surface area contributed by atoms with Crippen LogP contribution in [0.15, 0.2) is 42.5 Å². The maximum Gasteiger partial charge on any atom is 0.258 e. The number of aryl methyl sites for hydroxylation is 1. The van der Waals surface area contributed by atoms with Crippen molar-refractivity contribution >= 4 is 17.5 Å². The Morgan fingerprint density at radius 3 is 2.34 bits per heavy atom. The van der Waals surface area contributed by atoms with Gasteiger partial charge in [-0.2, -0.15) is 0 Å². The fraction of sp³-hybridized carbons (Fsp3) is 0.435. The standard InChI is InChI=1S/C23H30ClN3O2/c1-3-26-10-12-27(13-11-26)16-20-6-4-19(5-7-20)15-25-23(28)17-29-22-9-8-21(24)14-18(22)2/h4-9,14H,3,10-13,15-17H2,1-2H3,(H,25,28).